The summed E-state index contributed by atoms with van der Waals surface area (Å²) in [7, 11) is 0. The summed E-state index contributed by atoms with van der Waals surface area (Å²) in [6, 6.07) is 0. The molecular formula is C47H86O15. The first-order chi connectivity index (χ1) is 30.0. The van der Waals surface area contributed by atoms with Crippen LogP contribution in [0.25, 0.3) is 0 Å². The van der Waals surface area contributed by atoms with E-state index < -0.39 is 92.7 Å². The summed E-state index contributed by atoms with van der Waals surface area (Å²) in [5.41, 5.74) is 0. The summed E-state index contributed by atoms with van der Waals surface area (Å²) in [6.45, 7) is 2.56. The van der Waals surface area contributed by atoms with Gasteiger partial charge in [-0.15, -0.1) is 0 Å². The van der Waals surface area contributed by atoms with Gasteiger partial charge in [-0.05, 0) is 38.5 Å². The third-order valence-corrected chi connectivity index (χ3v) is 11.7. The predicted molar refractivity (Wildman–Crippen MR) is 234 cm³/mol. The Labute approximate surface area is 371 Å². The SMILES string of the molecule is CCCCC/C=C/CCCCCCCC(=O)O[C@H](COC(=O)CCCCCCCCCCCCCCCC)CO[C@@H]1O[C@H](CO[C@@H]2O[C@H](CO)[C@H](O)C(O)C2O)[C@H](O)C(O)C1O. The van der Waals surface area contributed by atoms with Crippen LogP contribution in [0.3, 0.4) is 0 Å². The van der Waals surface area contributed by atoms with Crippen LogP contribution in [0, 0.1) is 0 Å². The smallest absolute Gasteiger partial charge is 0.306 e. The lowest BCUT2D eigenvalue weighted by Gasteiger charge is -2.42. The van der Waals surface area contributed by atoms with E-state index in [2.05, 4.69) is 26.0 Å². The molecule has 2 rings (SSSR count). The van der Waals surface area contributed by atoms with Crippen LogP contribution in [0.5, 0.6) is 0 Å². The van der Waals surface area contributed by atoms with Crippen molar-refractivity contribution >= 4 is 11.9 Å². The average Bonchev–Trinajstić information content (AvgIpc) is 3.26. The number of hydrogen-bond donors (Lipinski definition) is 7. The second-order valence-electron chi connectivity index (χ2n) is 17.3. The molecule has 62 heavy (non-hydrogen) atoms. The number of carbonyl (C=O) groups is 2. The number of unbranched alkanes of at least 4 members (excludes halogenated alkanes) is 21. The van der Waals surface area contributed by atoms with E-state index in [9.17, 15) is 45.3 Å². The fraction of sp³-hybridized carbons (Fsp3) is 0.915. The molecule has 2 fully saturated rings. The highest BCUT2D eigenvalue weighted by Gasteiger charge is 2.47. The van der Waals surface area contributed by atoms with Gasteiger partial charge in [0.25, 0.3) is 0 Å². The zero-order chi connectivity index (χ0) is 45.4. The number of carbonyl (C=O) groups excluding carboxylic acids is 2. The molecule has 2 aliphatic heterocycles. The number of hydrogen-bond acceptors (Lipinski definition) is 15. The van der Waals surface area contributed by atoms with Crippen LogP contribution in [0.2, 0.25) is 0 Å². The maximum absolute atomic E-state index is 12.9. The van der Waals surface area contributed by atoms with Gasteiger partial charge in [0, 0.05) is 12.8 Å². The molecule has 364 valence electrons. The zero-order valence-electron chi connectivity index (χ0n) is 38.1. The molecule has 0 amide bonds. The quantitative estimate of drug-likeness (QED) is 0.0221. The topological polar surface area (TPSA) is 231 Å². The zero-order valence-corrected chi connectivity index (χ0v) is 38.1. The molecule has 2 saturated heterocycles. The Morgan fingerprint density at radius 3 is 1.45 bits per heavy atom. The van der Waals surface area contributed by atoms with Gasteiger partial charge < -0.3 is 64.2 Å². The van der Waals surface area contributed by atoms with Crippen LogP contribution in [-0.4, -0.2) is 142 Å². The number of esters is 2. The van der Waals surface area contributed by atoms with Crippen molar-refractivity contribution in [3.8, 4) is 0 Å². The van der Waals surface area contributed by atoms with Crippen LogP contribution >= 0.6 is 0 Å². The van der Waals surface area contributed by atoms with Crippen molar-refractivity contribution in [2.45, 2.75) is 248 Å². The van der Waals surface area contributed by atoms with Crippen LogP contribution < -0.4 is 0 Å². The Hall–Kier alpha value is -1.76. The van der Waals surface area contributed by atoms with Crippen LogP contribution in [0.1, 0.15) is 181 Å². The molecule has 2 heterocycles. The highest BCUT2D eigenvalue weighted by atomic mass is 16.7. The monoisotopic (exact) mass is 891 g/mol. The average molecular weight is 891 g/mol. The minimum absolute atomic E-state index is 0.158. The Balaban J connectivity index is 1.83. The number of aliphatic hydroxyl groups excluding tert-OH is 7. The molecule has 11 atom stereocenters. The van der Waals surface area contributed by atoms with Gasteiger partial charge in [-0.3, -0.25) is 9.59 Å². The van der Waals surface area contributed by atoms with Gasteiger partial charge in [-0.2, -0.15) is 0 Å². The molecule has 0 bridgehead atoms. The van der Waals surface area contributed by atoms with Crippen molar-refractivity contribution in [2.75, 3.05) is 26.4 Å². The van der Waals surface area contributed by atoms with Gasteiger partial charge >= 0.3 is 11.9 Å². The summed E-state index contributed by atoms with van der Waals surface area (Å²) in [5, 5.41) is 71.9. The lowest BCUT2D eigenvalue weighted by atomic mass is 9.98. The van der Waals surface area contributed by atoms with Crippen LogP contribution in [-0.2, 0) is 38.0 Å². The molecule has 4 unspecified atom stereocenters. The van der Waals surface area contributed by atoms with Crippen molar-refractivity contribution in [1.29, 1.82) is 0 Å². The minimum Gasteiger partial charge on any atom is -0.462 e. The number of aliphatic hydroxyl groups is 7. The van der Waals surface area contributed by atoms with Crippen molar-refractivity contribution in [2.24, 2.45) is 0 Å². The van der Waals surface area contributed by atoms with E-state index in [0.29, 0.717) is 12.8 Å². The maximum Gasteiger partial charge on any atom is 0.306 e. The Bertz CT molecular complexity index is 1140. The van der Waals surface area contributed by atoms with Crippen molar-refractivity contribution in [3.63, 3.8) is 0 Å². The summed E-state index contributed by atoms with van der Waals surface area (Å²) < 4.78 is 33.5. The van der Waals surface area contributed by atoms with Crippen molar-refractivity contribution in [3.05, 3.63) is 12.2 Å². The molecule has 2 aliphatic rings. The van der Waals surface area contributed by atoms with E-state index in [-0.39, 0.29) is 26.1 Å². The van der Waals surface area contributed by atoms with E-state index in [1.807, 2.05) is 0 Å². The van der Waals surface area contributed by atoms with E-state index in [1.165, 1.54) is 83.5 Å². The normalized spacial score (nSPS) is 27.1. The summed E-state index contributed by atoms with van der Waals surface area (Å²) in [4.78, 5) is 25.6. The van der Waals surface area contributed by atoms with Crippen molar-refractivity contribution in [1.82, 2.24) is 0 Å². The summed E-state index contributed by atoms with van der Waals surface area (Å²) in [5.74, 6) is -0.929. The third kappa shape index (κ3) is 24.0. The Morgan fingerprint density at radius 2 is 0.919 bits per heavy atom. The van der Waals surface area contributed by atoms with Crippen molar-refractivity contribution < 1.29 is 73.8 Å². The molecule has 0 radical (unpaired) electrons. The summed E-state index contributed by atoms with van der Waals surface area (Å²) in [6.07, 6.45) is 15.3. The number of ether oxygens (including phenoxy) is 6. The first-order valence-electron chi connectivity index (χ1n) is 24.3. The minimum atomic E-state index is -1.76. The molecule has 0 aromatic rings. The molecule has 0 aromatic carbocycles. The molecule has 0 spiro atoms. The fourth-order valence-electron chi connectivity index (χ4n) is 7.68. The van der Waals surface area contributed by atoms with Crippen LogP contribution in [0.15, 0.2) is 12.2 Å². The van der Waals surface area contributed by atoms with Gasteiger partial charge in [0.2, 0.25) is 0 Å². The molecule has 15 heteroatoms. The lowest BCUT2D eigenvalue weighted by molar-refractivity contribution is -0.332. The second kappa shape index (κ2) is 35.5. The van der Waals surface area contributed by atoms with E-state index in [4.69, 9.17) is 28.4 Å². The highest BCUT2D eigenvalue weighted by molar-refractivity contribution is 5.70. The Kier molecular flexibility index (Phi) is 32.3. The standard InChI is InChI=1S/C47H86O15/c1-3-5-7-9-11-13-15-17-18-20-21-23-25-27-29-38(49)57-32-35(60-39(50)30-28-26-24-22-19-16-14-12-10-8-6-4-2)33-58-46-45(56)43(54)41(52)37(62-46)34-59-47-44(55)42(53)40(51)36(31-48)61-47/h12,14,35-37,40-48,51-56H,3-11,13,15-34H2,1-2H3/b14-12+/t35-,36-,37-,40+,41+,42?,43?,44?,45?,46-,47-/m1/s1. The van der Waals surface area contributed by atoms with E-state index in [0.717, 1.165) is 57.8 Å². The first-order valence-corrected chi connectivity index (χ1v) is 24.3. The molecule has 0 aliphatic carbocycles. The van der Waals surface area contributed by atoms with Crippen LogP contribution in [0.4, 0.5) is 0 Å². The highest BCUT2D eigenvalue weighted by Crippen LogP contribution is 2.26. The van der Waals surface area contributed by atoms with Gasteiger partial charge in [0.05, 0.1) is 19.8 Å². The third-order valence-electron chi connectivity index (χ3n) is 11.7. The van der Waals surface area contributed by atoms with E-state index >= 15 is 0 Å². The number of rotatable bonds is 37. The fourth-order valence-corrected chi connectivity index (χ4v) is 7.68. The van der Waals surface area contributed by atoms with Gasteiger partial charge in [-0.1, -0.05) is 142 Å². The van der Waals surface area contributed by atoms with Gasteiger partial charge in [-0.25, -0.2) is 0 Å². The van der Waals surface area contributed by atoms with Gasteiger partial charge in [0.15, 0.2) is 18.7 Å². The number of allylic oxidation sites excluding steroid dienone is 2. The maximum atomic E-state index is 12.9. The second-order valence-corrected chi connectivity index (χ2v) is 17.3. The first kappa shape index (κ1) is 56.4. The van der Waals surface area contributed by atoms with E-state index in [1.54, 1.807) is 0 Å². The largest absolute Gasteiger partial charge is 0.462 e. The molecule has 7 N–H and O–H groups in total. The summed E-state index contributed by atoms with van der Waals surface area (Å²) >= 11 is 0. The molecule has 0 aromatic heterocycles. The molecule has 15 nitrogen and oxygen atoms in total. The Morgan fingerprint density at radius 1 is 0.500 bits per heavy atom. The predicted octanol–water partition coefficient (Wildman–Crippen LogP) is 5.82. The lowest BCUT2D eigenvalue weighted by Crippen LogP contribution is -2.61. The molecule has 0 saturated carbocycles. The molecular weight excluding hydrogens is 805 g/mol. The van der Waals surface area contributed by atoms with Gasteiger partial charge in [0.1, 0.15) is 55.4 Å².